The van der Waals surface area contributed by atoms with E-state index in [0.29, 0.717) is 40.4 Å². The Morgan fingerprint density at radius 3 is 2.04 bits per heavy atom. The Bertz CT molecular complexity index is 1650. The fraction of sp³-hybridized carbons (Fsp3) is 0.314. The first-order valence-corrected chi connectivity index (χ1v) is 15.4. The zero-order valence-electron chi connectivity index (χ0n) is 25.1. The molecule has 0 bridgehead atoms. The minimum absolute atomic E-state index is 0.0149. The van der Waals surface area contributed by atoms with Gasteiger partial charge in [0.15, 0.2) is 0 Å². The second-order valence-corrected chi connectivity index (χ2v) is 11.7. The van der Waals surface area contributed by atoms with E-state index in [2.05, 4.69) is 10.6 Å². The highest BCUT2D eigenvalue weighted by Crippen LogP contribution is 2.30. The van der Waals surface area contributed by atoms with Gasteiger partial charge in [-0.1, -0.05) is 73.5 Å². The summed E-state index contributed by atoms with van der Waals surface area (Å²) in [6, 6.07) is 22.4. The molecule has 2 aliphatic heterocycles. The van der Waals surface area contributed by atoms with Gasteiger partial charge in [-0.2, -0.15) is 0 Å². The minimum atomic E-state index is -1.32. The third-order valence-corrected chi connectivity index (χ3v) is 8.68. The number of hydrogen-bond donors (Lipinski definition) is 2. The molecular formula is C35H35N5O5. The lowest BCUT2D eigenvalue weighted by Crippen LogP contribution is -2.53. The van der Waals surface area contributed by atoms with Crippen LogP contribution in [0, 0.1) is 5.92 Å². The molecule has 1 saturated carbocycles. The van der Waals surface area contributed by atoms with E-state index in [9.17, 15) is 24.0 Å². The van der Waals surface area contributed by atoms with Crippen molar-refractivity contribution in [3.8, 4) is 0 Å². The second-order valence-electron chi connectivity index (χ2n) is 11.7. The molecule has 45 heavy (non-hydrogen) atoms. The number of hydrogen-bond acceptors (Lipinski definition) is 6. The van der Waals surface area contributed by atoms with Crippen LogP contribution in [0.3, 0.4) is 0 Å². The molecule has 3 aromatic rings. The SMILES string of the molecule is C[C@H](NC(=O)CC1CCCC1)C(=O)NC1N=C(c2ccccc2)c2ccccc2N(CCN2C(=O)c3ccccc3C2=O)C1=O. The zero-order chi connectivity index (χ0) is 31.5. The fourth-order valence-electron chi connectivity index (χ4n) is 6.32. The second kappa shape index (κ2) is 12.9. The number of imide groups is 1. The largest absolute Gasteiger partial charge is 0.345 e. The third-order valence-electron chi connectivity index (χ3n) is 8.68. The van der Waals surface area contributed by atoms with Gasteiger partial charge in [0.05, 0.1) is 22.5 Å². The molecule has 0 radical (unpaired) electrons. The van der Waals surface area contributed by atoms with Crippen LogP contribution in [0.15, 0.2) is 83.9 Å². The Hall–Kier alpha value is -5.12. The van der Waals surface area contributed by atoms with Crippen LogP contribution in [0.2, 0.25) is 0 Å². The van der Waals surface area contributed by atoms with E-state index in [-0.39, 0.29) is 19.0 Å². The first-order chi connectivity index (χ1) is 21.8. The summed E-state index contributed by atoms with van der Waals surface area (Å²) in [5, 5.41) is 5.52. The fourth-order valence-corrected chi connectivity index (χ4v) is 6.32. The topological polar surface area (TPSA) is 128 Å². The van der Waals surface area contributed by atoms with Gasteiger partial charge in [0.25, 0.3) is 17.7 Å². The number of nitrogens with zero attached hydrogens (tertiary/aromatic N) is 3. The van der Waals surface area contributed by atoms with Crippen LogP contribution in [0.1, 0.15) is 70.9 Å². The quantitative estimate of drug-likeness (QED) is 0.360. The van der Waals surface area contributed by atoms with Crippen LogP contribution in [-0.4, -0.2) is 65.4 Å². The summed E-state index contributed by atoms with van der Waals surface area (Å²) < 4.78 is 0. The molecule has 1 fully saturated rings. The van der Waals surface area contributed by atoms with Gasteiger partial charge >= 0.3 is 0 Å². The molecule has 0 aromatic heterocycles. The summed E-state index contributed by atoms with van der Waals surface area (Å²) in [4.78, 5) is 73.8. The maximum atomic E-state index is 14.2. The molecule has 1 aliphatic carbocycles. The van der Waals surface area contributed by atoms with Gasteiger partial charge in [-0.25, -0.2) is 4.99 Å². The molecule has 2 atom stereocenters. The number of benzodiazepines with no additional fused rings is 1. The predicted octanol–water partition coefficient (Wildman–Crippen LogP) is 3.69. The van der Waals surface area contributed by atoms with Gasteiger partial charge in [-0.15, -0.1) is 0 Å². The van der Waals surface area contributed by atoms with Crippen molar-refractivity contribution < 1.29 is 24.0 Å². The Morgan fingerprint density at radius 1 is 0.800 bits per heavy atom. The van der Waals surface area contributed by atoms with Crippen molar-refractivity contribution in [2.24, 2.45) is 10.9 Å². The molecule has 0 saturated heterocycles. The molecule has 230 valence electrons. The third kappa shape index (κ3) is 6.13. The minimum Gasteiger partial charge on any atom is -0.345 e. The van der Waals surface area contributed by atoms with Crippen LogP contribution < -0.4 is 15.5 Å². The Morgan fingerprint density at radius 2 is 1.38 bits per heavy atom. The van der Waals surface area contributed by atoms with Crippen LogP contribution in [0.5, 0.6) is 0 Å². The van der Waals surface area contributed by atoms with Gasteiger partial charge < -0.3 is 15.5 Å². The van der Waals surface area contributed by atoms with E-state index >= 15 is 0 Å². The first kappa shape index (κ1) is 29.9. The zero-order valence-corrected chi connectivity index (χ0v) is 25.1. The molecule has 2 N–H and O–H groups in total. The Kier molecular flexibility index (Phi) is 8.55. The van der Waals surface area contributed by atoms with Gasteiger partial charge in [-0.3, -0.25) is 28.9 Å². The van der Waals surface area contributed by atoms with Crippen molar-refractivity contribution in [2.75, 3.05) is 18.0 Å². The molecule has 0 spiro atoms. The van der Waals surface area contributed by atoms with Crippen molar-refractivity contribution in [2.45, 2.75) is 51.2 Å². The number of benzene rings is 3. The molecule has 3 aromatic carbocycles. The van der Waals surface area contributed by atoms with Gasteiger partial charge in [0, 0.05) is 30.6 Å². The standard InChI is InChI=1S/C35H35N5O5/c1-22(36-29(41)21-23-11-5-6-12-23)32(42)38-31-35(45)39(19-20-40-33(43)25-15-7-8-16-26(25)34(40)44)28-18-10-9-17-27(28)30(37-31)24-13-3-2-4-14-24/h2-4,7-10,13-18,22-23,31H,5-6,11-12,19-21H2,1H3,(H,36,41)(H,38,42)/t22-,31?/m0/s1. The van der Waals surface area contributed by atoms with Crippen LogP contribution in [0.4, 0.5) is 5.69 Å². The van der Waals surface area contributed by atoms with Crippen molar-refractivity contribution in [3.05, 3.63) is 101 Å². The summed E-state index contributed by atoms with van der Waals surface area (Å²) in [7, 11) is 0. The number of nitrogens with one attached hydrogen (secondary N) is 2. The lowest BCUT2D eigenvalue weighted by atomic mass is 10.0. The van der Waals surface area contributed by atoms with E-state index in [0.717, 1.165) is 36.1 Å². The molecule has 3 aliphatic rings. The van der Waals surface area contributed by atoms with Crippen molar-refractivity contribution >= 4 is 40.9 Å². The first-order valence-electron chi connectivity index (χ1n) is 15.4. The molecule has 2 heterocycles. The lowest BCUT2D eigenvalue weighted by Gasteiger charge is -2.27. The summed E-state index contributed by atoms with van der Waals surface area (Å²) in [6.45, 7) is 1.51. The highest BCUT2D eigenvalue weighted by molar-refractivity contribution is 6.22. The normalized spacial score (nSPS) is 18.6. The van der Waals surface area contributed by atoms with Gasteiger partial charge in [0.2, 0.25) is 18.0 Å². The van der Waals surface area contributed by atoms with Crippen LogP contribution >= 0.6 is 0 Å². The maximum absolute atomic E-state index is 14.2. The number of fused-ring (bicyclic) bond motifs is 2. The molecule has 6 rings (SSSR count). The predicted molar refractivity (Wildman–Crippen MR) is 169 cm³/mol. The molecule has 10 nitrogen and oxygen atoms in total. The number of carbonyl (C=O) groups is 5. The molecular weight excluding hydrogens is 570 g/mol. The number of amides is 5. The van der Waals surface area contributed by atoms with E-state index in [1.807, 2.05) is 42.5 Å². The van der Waals surface area contributed by atoms with Crippen molar-refractivity contribution in [3.63, 3.8) is 0 Å². The van der Waals surface area contributed by atoms with E-state index in [1.54, 1.807) is 43.3 Å². The van der Waals surface area contributed by atoms with Gasteiger partial charge in [0.1, 0.15) is 6.04 Å². The average molecular weight is 606 g/mol. The maximum Gasteiger partial charge on any atom is 0.272 e. The number of carbonyl (C=O) groups excluding carboxylic acids is 5. The summed E-state index contributed by atoms with van der Waals surface area (Å²) in [5.41, 5.74) is 3.11. The number of para-hydroxylation sites is 1. The highest BCUT2D eigenvalue weighted by Gasteiger charge is 2.38. The lowest BCUT2D eigenvalue weighted by molar-refractivity contribution is -0.131. The molecule has 1 unspecified atom stereocenters. The van der Waals surface area contributed by atoms with E-state index in [4.69, 9.17) is 4.99 Å². The number of aliphatic imine (C=N–C) groups is 1. The number of rotatable bonds is 9. The Balaban J connectivity index is 1.27. The van der Waals surface area contributed by atoms with Crippen LogP contribution in [0.25, 0.3) is 0 Å². The summed E-state index contributed by atoms with van der Waals surface area (Å²) in [6.07, 6.45) is 3.31. The summed E-state index contributed by atoms with van der Waals surface area (Å²) >= 11 is 0. The van der Waals surface area contributed by atoms with Crippen molar-refractivity contribution in [1.82, 2.24) is 15.5 Å². The van der Waals surface area contributed by atoms with E-state index in [1.165, 1.54) is 4.90 Å². The molecule has 10 heteroatoms. The Labute approximate surface area is 261 Å². The average Bonchev–Trinajstić information content (AvgIpc) is 3.62. The van der Waals surface area contributed by atoms with Gasteiger partial charge in [-0.05, 0) is 43.9 Å². The number of anilines is 1. The monoisotopic (exact) mass is 605 g/mol. The highest BCUT2D eigenvalue weighted by atomic mass is 16.2. The summed E-state index contributed by atoms with van der Waals surface area (Å²) in [5.74, 6) is -1.77. The van der Waals surface area contributed by atoms with Crippen LogP contribution in [-0.2, 0) is 14.4 Å². The smallest absolute Gasteiger partial charge is 0.272 e. The molecule has 5 amide bonds. The van der Waals surface area contributed by atoms with E-state index < -0.39 is 35.8 Å². The van der Waals surface area contributed by atoms with Crippen molar-refractivity contribution in [1.29, 1.82) is 0 Å².